The molecule has 0 aliphatic heterocycles. The minimum atomic E-state index is 0.306. The number of hydrogen-bond acceptors (Lipinski definition) is 3. The zero-order chi connectivity index (χ0) is 7.40. The Kier molecular flexibility index (Phi) is 2.83. The van der Waals surface area contributed by atoms with E-state index in [2.05, 4.69) is 11.3 Å². The molecule has 0 fully saturated rings. The molecule has 2 nitrogen and oxygen atoms in total. The van der Waals surface area contributed by atoms with Crippen molar-refractivity contribution in [2.75, 3.05) is 0 Å². The van der Waals surface area contributed by atoms with Crippen molar-refractivity contribution < 1.29 is 0 Å². The Morgan fingerprint density at radius 1 is 1.80 bits per heavy atom. The van der Waals surface area contributed by atoms with Crippen LogP contribution in [0.1, 0.15) is 18.2 Å². The number of nitrogens with zero attached hydrogens (tertiary/aromatic N) is 1. The van der Waals surface area contributed by atoms with E-state index in [1.807, 2.05) is 12.3 Å². The summed E-state index contributed by atoms with van der Waals surface area (Å²) in [6.07, 6.45) is 3.83. The largest absolute Gasteiger partial charge is 0.327 e. The Labute approximate surface area is 65.2 Å². The van der Waals surface area contributed by atoms with Gasteiger partial charge in [0.25, 0.3) is 0 Å². The van der Waals surface area contributed by atoms with Gasteiger partial charge in [0.05, 0.1) is 0 Å². The normalized spacial score (nSPS) is 13.4. The average Bonchev–Trinajstić information content (AvgIpc) is 2.40. The van der Waals surface area contributed by atoms with Gasteiger partial charge in [0, 0.05) is 17.1 Å². The van der Waals surface area contributed by atoms with E-state index >= 15 is 0 Å². The molecule has 0 spiro atoms. The molecule has 1 aromatic rings. The van der Waals surface area contributed by atoms with E-state index < -0.39 is 0 Å². The fraction of sp³-hybridized carbons (Fsp3) is 0.571. The maximum Gasteiger partial charge on any atom is 0.0409 e. The Hall–Kier alpha value is -0.410. The Morgan fingerprint density at radius 2 is 2.60 bits per heavy atom. The maximum absolute atomic E-state index is 5.74. The van der Waals surface area contributed by atoms with E-state index in [0.717, 1.165) is 12.8 Å². The lowest BCUT2D eigenvalue weighted by atomic mass is 10.1. The summed E-state index contributed by atoms with van der Waals surface area (Å²) >= 11 is 1.54. The number of nitrogens with two attached hydrogens (primary N) is 1. The van der Waals surface area contributed by atoms with Gasteiger partial charge in [-0.2, -0.15) is 0 Å². The Bertz CT molecular complexity index is 172. The van der Waals surface area contributed by atoms with Crippen LogP contribution in [0.4, 0.5) is 0 Å². The first-order chi connectivity index (χ1) is 4.83. The summed E-state index contributed by atoms with van der Waals surface area (Å²) in [6.45, 7) is 2.10. The Morgan fingerprint density at radius 3 is 3.10 bits per heavy atom. The highest BCUT2D eigenvalue weighted by Crippen LogP contribution is 2.07. The van der Waals surface area contributed by atoms with Gasteiger partial charge in [0.1, 0.15) is 0 Å². The van der Waals surface area contributed by atoms with Crippen LogP contribution in [0.15, 0.2) is 12.3 Å². The zero-order valence-electron chi connectivity index (χ0n) is 6.08. The molecule has 0 saturated heterocycles. The highest BCUT2D eigenvalue weighted by Gasteiger charge is 2.01. The average molecular weight is 156 g/mol. The quantitative estimate of drug-likeness (QED) is 0.719. The van der Waals surface area contributed by atoms with Gasteiger partial charge in [-0.3, -0.25) is 0 Å². The standard InChI is InChI=1S/C7H12N2S/c1-2-6(8)5-7-3-4-9-10-7/h3-4,6H,2,5,8H2,1H3. The first-order valence-electron chi connectivity index (χ1n) is 3.48. The third kappa shape index (κ3) is 2.08. The molecule has 1 unspecified atom stereocenters. The number of hydrogen-bond donors (Lipinski definition) is 1. The fourth-order valence-corrected chi connectivity index (χ4v) is 1.42. The summed E-state index contributed by atoms with van der Waals surface area (Å²) in [7, 11) is 0. The highest BCUT2D eigenvalue weighted by atomic mass is 32.1. The molecule has 0 aromatic carbocycles. The monoisotopic (exact) mass is 156 g/mol. The van der Waals surface area contributed by atoms with Crippen LogP contribution in [0.3, 0.4) is 0 Å². The van der Waals surface area contributed by atoms with E-state index in [1.165, 1.54) is 16.4 Å². The predicted molar refractivity (Wildman–Crippen MR) is 44.1 cm³/mol. The molecular formula is C7H12N2S. The molecule has 56 valence electrons. The first kappa shape index (κ1) is 7.69. The third-order valence-electron chi connectivity index (χ3n) is 1.48. The van der Waals surface area contributed by atoms with E-state index in [4.69, 9.17) is 5.73 Å². The van der Waals surface area contributed by atoms with E-state index in [1.54, 1.807) is 0 Å². The second kappa shape index (κ2) is 3.68. The van der Waals surface area contributed by atoms with Gasteiger partial charge in [-0.1, -0.05) is 6.92 Å². The van der Waals surface area contributed by atoms with Crippen molar-refractivity contribution in [3.8, 4) is 0 Å². The Balaban J connectivity index is 2.40. The van der Waals surface area contributed by atoms with Gasteiger partial charge < -0.3 is 5.73 Å². The van der Waals surface area contributed by atoms with E-state index in [9.17, 15) is 0 Å². The molecule has 1 atom stereocenters. The fourth-order valence-electron chi connectivity index (χ4n) is 0.750. The lowest BCUT2D eigenvalue weighted by Gasteiger charge is -2.04. The van der Waals surface area contributed by atoms with Crippen LogP contribution in [0.5, 0.6) is 0 Å². The summed E-state index contributed by atoms with van der Waals surface area (Å²) in [6, 6.07) is 2.33. The van der Waals surface area contributed by atoms with E-state index in [0.29, 0.717) is 6.04 Å². The third-order valence-corrected chi connectivity index (χ3v) is 2.24. The summed E-state index contributed by atoms with van der Waals surface area (Å²) < 4.78 is 4.00. The predicted octanol–water partition coefficient (Wildman–Crippen LogP) is 1.42. The van der Waals surface area contributed by atoms with Crippen molar-refractivity contribution in [1.29, 1.82) is 0 Å². The zero-order valence-corrected chi connectivity index (χ0v) is 6.90. The van der Waals surface area contributed by atoms with Crippen molar-refractivity contribution in [1.82, 2.24) is 4.37 Å². The second-order valence-electron chi connectivity index (χ2n) is 2.35. The molecule has 0 aliphatic rings. The smallest absolute Gasteiger partial charge is 0.0409 e. The lowest BCUT2D eigenvalue weighted by Crippen LogP contribution is -2.20. The molecule has 10 heavy (non-hydrogen) atoms. The minimum Gasteiger partial charge on any atom is -0.327 e. The van der Waals surface area contributed by atoms with Gasteiger partial charge in [-0.25, -0.2) is 4.37 Å². The SMILES string of the molecule is CCC(N)Cc1ccns1. The molecule has 0 aliphatic carbocycles. The van der Waals surface area contributed by atoms with Crippen LogP contribution in [0.2, 0.25) is 0 Å². The minimum absolute atomic E-state index is 0.306. The van der Waals surface area contributed by atoms with Gasteiger partial charge in [0.15, 0.2) is 0 Å². The number of aromatic nitrogens is 1. The van der Waals surface area contributed by atoms with Crippen LogP contribution in [0.25, 0.3) is 0 Å². The molecule has 1 rings (SSSR count). The molecule has 1 aromatic heterocycles. The second-order valence-corrected chi connectivity index (χ2v) is 3.27. The van der Waals surface area contributed by atoms with E-state index in [-0.39, 0.29) is 0 Å². The summed E-state index contributed by atoms with van der Waals surface area (Å²) in [4.78, 5) is 1.29. The van der Waals surface area contributed by atoms with Crippen molar-refractivity contribution >= 4 is 11.5 Å². The van der Waals surface area contributed by atoms with Crippen LogP contribution >= 0.6 is 11.5 Å². The first-order valence-corrected chi connectivity index (χ1v) is 4.25. The van der Waals surface area contributed by atoms with Crippen LogP contribution in [-0.2, 0) is 6.42 Å². The van der Waals surface area contributed by atoms with Crippen LogP contribution in [-0.4, -0.2) is 10.4 Å². The molecule has 1 heterocycles. The van der Waals surface area contributed by atoms with Crippen LogP contribution in [0, 0.1) is 0 Å². The van der Waals surface area contributed by atoms with Crippen molar-refractivity contribution in [2.45, 2.75) is 25.8 Å². The van der Waals surface area contributed by atoms with Gasteiger partial charge in [-0.05, 0) is 30.4 Å². The van der Waals surface area contributed by atoms with Crippen LogP contribution < -0.4 is 5.73 Å². The molecular weight excluding hydrogens is 144 g/mol. The van der Waals surface area contributed by atoms with Crippen molar-refractivity contribution in [3.05, 3.63) is 17.1 Å². The summed E-state index contributed by atoms with van der Waals surface area (Å²) in [5, 5.41) is 0. The van der Waals surface area contributed by atoms with Gasteiger partial charge >= 0.3 is 0 Å². The highest BCUT2D eigenvalue weighted by molar-refractivity contribution is 7.05. The maximum atomic E-state index is 5.74. The van der Waals surface area contributed by atoms with Gasteiger partial charge in [-0.15, -0.1) is 0 Å². The molecule has 0 bridgehead atoms. The molecule has 0 radical (unpaired) electrons. The lowest BCUT2D eigenvalue weighted by molar-refractivity contribution is 0.652. The molecule has 0 saturated carbocycles. The summed E-state index contributed by atoms with van der Waals surface area (Å²) in [5.41, 5.74) is 5.74. The molecule has 0 amide bonds. The summed E-state index contributed by atoms with van der Waals surface area (Å²) in [5.74, 6) is 0. The topological polar surface area (TPSA) is 38.9 Å². The molecule has 2 N–H and O–H groups in total. The van der Waals surface area contributed by atoms with Crippen molar-refractivity contribution in [2.24, 2.45) is 5.73 Å². The number of rotatable bonds is 3. The van der Waals surface area contributed by atoms with Crippen molar-refractivity contribution in [3.63, 3.8) is 0 Å². The van der Waals surface area contributed by atoms with Gasteiger partial charge in [0.2, 0.25) is 0 Å². The molecule has 3 heteroatoms.